The second kappa shape index (κ2) is 8.58. The third-order valence-corrected chi connectivity index (χ3v) is 4.90. The van der Waals surface area contributed by atoms with E-state index in [-0.39, 0.29) is 11.6 Å². The first-order chi connectivity index (χ1) is 11.5. The average Bonchev–Trinajstić information content (AvgIpc) is 2.59. The molecule has 130 valence electrons. The lowest BCUT2D eigenvalue weighted by Crippen LogP contribution is -2.22. The summed E-state index contributed by atoms with van der Waals surface area (Å²) in [6.07, 6.45) is 5.86. The number of anilines is 2. The van der Waals surface area contributed by atoms with Crippen molar-refractivity contribution in [1.82, 2.24) is 15.2 Å². The molecule has 0 aliphatic heterocycles. The highest BCUT2D eigenvalue weighted by molar-refractivity contribution is 7.92. The van der Waals surface area contributed by atoms with E-state index in [1.807, 2.05) is 31.0 Å². The molecule has 0 aliphatic rings. The van der Waals surface area contributed by atoms with Crippen molar-refractivity contribution in [2.24, 2.45) is 0 Å². The number of nitrogens with one attached hydrogen (secondary N) is 1. The second-order valence-electron chi connectivity index (χ2n) is 5.58. The number of hydrogen-bond donors (Lipinski definition) is 1. The molecule has 0 aromatic carbocycles. The van der Waals surface area contributed by atoms with Crippen molar-refractivity contribution >= 4 is 21.7 Å². The van der Waals surface area contributed by atoms with Gasteiger partial charge in [-0.15, -0.1) is 10.2 Å². The normalized spacial score (nSPS) is 11.2. The van der Waals surface area contributed by atoms with Gasteiger partial charge in [0.15, 0.2) is 11.6 Å². The van der Waals surface area contributed by atoms with Crippen molar-refractivity contribution in [2.75, 3.05) is 29.0 Å². The van der Waals surface area contributed by atoms with Gasteiger partial charge in [0, 0.05) is 26.0 Å². The molecule has 0 fully saturated rings. The molecule has 0 spiro atoms. The van der Waals surface area contributed by atoms with Gasteiger partial charge in [-0.05, 0) is 42.7 Å². The van der Waals surface area contributed by atoms with Crippen molar-refractivity contribution in [3.05, 3.63) is 42.2 Å². The smallest absolute Gasteiger partial charge is 0.233 e. The van der Waals surface area contributed by atoms with Crippen LogP contribution in [0.15, 0.2) is 36.7 Å². The standard InChI is InChI=1S/C16H23N5O2S/c1-3-4-13-24(22,23)20-15-5-6-16(19-18-15)21(2)12-9-14-7-10-17-11-8-14/h5-8,10-11H,3-4,9,12-13H2,1-2H3,(H,18,20). The number of nitrogens with zero attached hydrogens (tertiary/aromatic N) is 4. The zero-order chi connectivity index (χ0) is 17.4. The lowest BCUT2D eigenvalue weighted by molar-refractivity contribution is 0.597. The summed E-state index contributed by atoms with van der Waals surface area (Å²) >= 11 is 0. The molecule has 0 saturated carbocycles. The average molecular weight is 349 g/mol. The lowest BCUT2D eigenvalue weighted by Gasteiger charge is -2.17. The number of hydrogen-bond acceptors (Lipinski definition) is 6. The van der Waals surface area contributed by atoms with Crippen molar-refractivity contribution < 1.29 is 8.42 Å². The first-order valence-electron chi connectivity index (χ1n) is 7.94. The first kappa shape index (κ1) is 18.1. The van der Waals surface area contributed by atoms with E-state index < -0.39 is 10.0 Å². The summed E-state index contributed by atoms with van der Waals surface area (Å²) in [6, 6.07) is 7.35. The monoisotopic (exact) mass is 349 g/mol. The Kier molecular flexibility index (Phi) is 6.48. The molecule has 0 unspecified atom stereocenters. The lowest BCUT2D eigenvalue weighted by atomic mass is 10.2. The number of pyridine rings is 1. The molecule has 0 amide bonds. The fraction of sp³-hybridized carbons (Fsp3) is 0.438. The van der Waals surface area contributed by atoms with Gasteiger partial charge in [-0.25, -0.2) is 8.42 Å². The first-order valence-corrected chi connectivity index (χ1v) is 9.59. The Morgan fingerprint density at radius 2 is 1.88 bits per heavy atom. The van der Waals surface area contributed by atoms with Crippen molar-refractivity contribution in [2.45, 2.75) is 26.2 Å². The minimum absolute atomic E-state index is 0.0960. The van der Waals surface area contributed by atoms with E-state index in [4.69, 9.17) is 0 Å². The zero-order valence-electron chi connectivity index (χ0n) is 14.0. The SMILES string of the molecule is CCCCS(=O)(=O)Nc1ccc(N(C)CCc2ccncc2)nn1. The highest BCUT2D eigenvalue weighted by Crippen LogP contribution is 2.12. The van der Waals surface area contributed by atoms with Crippen LogP contribution in [0.3, 0.4) is 0 Å². The summed E-state index contributed by atoms with van der Waals surface area (Å²) in [5.74, 6) is 1.04. The summed E-state index contributed by atoms with van der Waals surface area (Å²) in [4.78, 5) is 5.97. The van der Waals surface area contributed by atoms with E-state index in [9.17, 15) is 8.42 Å². The molecule has 1 N–H and O–H groups in total. The van der Waals surface area contributed by atoms with Gasteiger partial charge in [-0.2, -0.15) is 0 Å². The number of aromatic nitrogens is 3. The Bertz CT molecular complexity index is 720. The summed E-state index contributed by atoms with van der Waals surface area (Å²) in [5, 5.41) is 8.05. The highest BCUT2D eigenvalue weighted by atomic mass is 32.2. The maximum absolute atomic E-state index is 11.8. The third kappa shape index (κ3) is 5.77. The molecular formula is C16H23N5O2S. The fourth-order valence-corrected chi connectivity index (χ4v) is 3.29. The molecule has 7 nitrogen and oxygen atoms in total. The van der Waals surface area contributed by atoms with Gasteiger partial charge >= 0.3 is 0 Å². The van der Waals surface area contributed by atoms with Gasteiger partial charge in [-0.3, -0.25) is 9.71 Å². The van der Waals surface area contributed by atoms with Crippen LogP contribution in [0.2, 0.25) is 0 Å². The van der Waals surface area contributed by atoms with Gasteiger partial charge in [0.2, 0.25) is 10.0 Å². The van der Waals surface area contributed by atoms with Crippen LogP contribution in [0.5, 0.6) is 0 Å². The van der Waals surface area contributed by atoms with E-state index in [1.165, 1.54) is 5.56 Å². The topological polar surface area (TPSA) is 88.1 Å². The molecule has 0 bridgehead atoms. The minimum Gasteiger partial charge on any atom is -0.358 e. The predicted molar refractivity (Wildman–Crippen MR) is 95.6 cm³/mol. The van der Waals surface area contributed by atoms with E-state index in [2.05, 4.69) is 19.9 Å². The van der Waals surface area contributed by atoms with Gasteiger partial charge in [0.1, 0.15) is 0 Å². The van der Waals surface area contributed by atoms with E-state index in [0.717, 1.165) is 19.4 Å². The molecule has 0 aliphatic carbocycles. The third-order valence-electron chi connectivity index (χ3n) is 3.55. The van der Waals surface area contributed by atoms with Crippen LogP contribution in [0.1, 0.15) is 25.3 Å². The zero-order valence-corrected chi connectivity index (χ0v) is 14.8. The second-order valence-corrected chi connectivity index (χ2v) is 7.42. The summed E-state index contributed by atoms with van der Waals surface area (Å²) in [5.41, 5.74) is 1.20. The van der Waals surface area contributed by atoms with Crippen molar-refractivity contribution in [3.8, 4) is 0 Å². The molecule has 0 atom stereocenters. The molecule has 2 aromatic heterocycles. The van der Waals surface area contributed by atoms with Crippen molar-refractivity contribution in [1.29, 1.82) is 0 Å². The summed E-state index contributed by atoms with van der Waals surface area (Å²) in [7, 11) is -1.42. The van der Waals surface area contributed by atoms with Crippen LogP contribution in [-0.4, -0.2) is 42.9 Å². The number of rotatable bonds is 9. The van der Waals surface area contributed by atoms with Crippen LogP contribution in [0.25, 0.3) is 0 Å². The highest BCUT2D eigenvalue weighted by Gasteiger charge is 2.11. The molecular weight excluding hydrogens is 326 g/mol. The van der Waals surface area contributed by atoms with Crippen LogP contribution in [-0.2, 0) is 16.4 Å². The Morgan fingerprint density at radius 1 is 1.12 bits per heavy atom. The van der Waals surface area contributed by atoms with Crippen molar-refractivity contribution in [3.63, 3.8) is 0 Å². The van der Waals surface area contributed by atoms with Crippen LogP contribution in [0, 0.1) is 0 Å². The number of likely N-dealkylation sites (N-methyl/N-ethyl adjacent to an activating group) is 1. The van der Waals surface area contributed by atoms with Gasteiger partial charge < -0.3 is 4.90 Å². The summed E-state index contributed by atoms with van der Waals surface area (Å²) < 4.78 is 26.1. The van der Waals surface area contributed by atoms with Gasteiger partial charge in [0.25, 0.3) is 0 Å². The molecule has 0 radical (unpaired) electrons. The maximum atomic E-state index is 11.8. The minimum atomic E-state index is -3.35. The van der Waals surface area contributed by atoms with Gasteiger partial charge in [0.05, 0.1) is 5.75 Å². The van der Waals surface area contributed by atoms with Crippen LogP contribution < -0.4 is 9.62 Å². The molecule has 2 heterocycles. The molecule has 0 saturated heterocycles. The van der Waals surface area contributed by atoms with E-state index in [1.54, 1.807) is 24.5 Å². The number of unbranched alkanes of at least 4 members (excludes halogenated alkanes) is 1. The van der Waals surface area contributed by atoms with E-state index in [0.29, 0.717) is 12.2 Å². The fourth-order valence-electron chi connectivity index (χ4n) is 2.09. The van der Waals surface area contributed by atoms with E-state index >= 15 is 0 Å². The summed E-state index contributed by atoms with van der Waals surface area (Å²) in [6.45, 7) is 2.73. The molecule has 8 heteroatoms. The van der Waals surface area contributed by atoms with Crippen LogP contribution in [0.4, 0.5) is 11.6 Å². The predicted octanol–water partition coefficient (Wildman–Crippen LogP) is 2.09. The Labute approximate surface area is 143 Å². The quantitative estimate of drug-likeness (QED) is 0.746. The van der Waals surface area contributed by atoms with Gasteiger partial charge in [-0.1, -0.05) is 13.3 Å². The Morgan fingerprint density at radius 3 is 2.50 bits per heavy atom. The Hall–Kier alpha value is -2.22. The molecule has 2 aromatic rings. The largest absolute Gasteiger partial charge is 0.358 e. The number of sulfonamides is 1. The van der Waals surface area contributed by atoms with Crippen LogP contribution >= 0.6 is 0 Å². The maximum Gasteiger partial charge on any atom is 0.233 e. The molecule has 24 heavy (non-hydrogen) atoms. The molecule has 2 rings (SSSR count). The Balaban J connectivity index is 1.91.